The molecule has 0 spiro atoms. The predicted octanol–water partition coefficient (Wildman–Crippen LogP) is -0.750. The molecule has 5 heteroatoms. The number of halogens is 1. The van der Waals surface area contributed by atoms with Crippen LogP contribution in [0.25, 0.3) is 4.98 Å². The molecule has 1 aromatic carbocycles. The molecule has 14 heavy (non-hydrogen) atoms. The molecule has 4 nitrogen and oxygen atoms in total. The molecule has 0 heterocycles. The molecule has 76 valence electrons. The molecular formula is C9H12ClN3O. The van der Waals surface area contributed by atoms with Crippen molar-refractivity contribution in [1.82, 2.24) is 0 Å². The maximum atomic E-state index is 8.54. The number of anilines is 1. The van der Waals surface area contributed by atoms with Crippen molar-refractivity contribution in [1.29, 1.82) is 5.39 Å². The number of diazo groups is 1. The minimum absolute atomic E-state index is 0. The van der Waals surface area contributed by atoms with Crippen molar-refractivity contribution in [2.24, 2.45) is 0 Å². The molecule has 0 aliphatic rings. The number of nitrogens with zero attached hydrogens (tertiary/aromatic N) is 3. The molecule has 0 atom stereocenters. The van der Waals surface area contributed by atoms with Crippen LogP contribution in [-0.4, -0.2) is 21.2 Å². The van der Waals surface area contributed by atoms with Gasteiger partial charge in [-0.25, -0.2) is 0 Å². The van der Waals surface area contributed by atoms with Crippen LogP contribution in [0.5, 0.6) is 5.75 Å². The Bertz CT molecular complexity index is 346. The third-order valence-electron chi connectivity index (χ3n) is 1.76. The van der Waals surface area contributed by atoms with Crippen LogP contribution in [0.4, 0.5) is 11.4 Å². The second kappa shape index (κ2) is 5.30. The number of methoxy groups -OCH3 is 1. The maximum absolute atomic E-state index is 8.54. The van der Waals surface area contributed by atoms with E-state index in [0.29, 0.717) is 11.4 Å². The highest BCUT2D eigenvalue weighted by Gasteiger charge is 2.11. The smallest absolute Gasteiger partial charge is 0.388 e. The van der Waals surface area contributed by atoms with Crippen LogP contribution in [0.15, 0.2) is 18.2 Å². The number of ether oxygens (including phenoxy) is 1. The quantitative estimate of drug-likeness (QED) is 0.607. The van der Waals surface area contributed by atoms with E-state index >= 15 is 0 Å². The summed E-state index contributed by atoms with van der Waals surface area (Å²) >= 11 is 0. The Morgan fingerprint density at radius 1 is 1.36 bits per heavy atom. The van der Waals surface area contributed by atoms with Gasteiger partial charge in [-0.05, 0) is 6.07 Å². The molecule has 0 fully saturated rings. The molecule has 0 bridgehead atoms. The number of benzene rings is 1. The first-order valence-corrected chi connectivity index (χ1v) is 3.89. The standard InChI is InChI=1S/C9H12N3O.ClH/c1-12(2)8-5-4-7(11-10)6-9(8)13-3;/h4-6H,1-3H3;1H/q+1;/p-1. The summed E-state index contributed by atoms with van der Waals surface area (Å²) in [5.74, 6) is 0.695. The van der Waals surface area contributed by atoms with Gasteiger partial charge < -0.3 is 22.0 Å². The summed E-state index contributed by atoms with van der Waals surface area (Å²) in [6, 6.07) is 5.24. The maximum Gasteiger partial charge on any atom is 0.388 e. The molecule has 1 aromatic rings. The van der Waals surface area contributed by atoms with Gasteiger partial charge in [0.2, 0.25) is 5.39 Å². The fourth-order valence-corrected chi connectivity index (χ4v) is 1.10. The Balaban J connectivity index is 0.00000169. The largest absolute Gasteiger partial charge is 1.00 e. The third kappa shape index (κ3) is 2.51. The van der Waals surface area contributed by atoms with Gasteiger partial charge in [0.25, 0.3) is 0 Å². The molecule has 0 saturated heterocycles. The van der Waals surface area contributed by atoms with Crippen molar-refractivity contribution in [3.8, 4) is 5.75 Å². The SMILES string of the molecule is COc1cc([N+]#N)ccc1N(C)C.[Cl-]. The second-order valence-corrected chi connectivity index (χ2v) is 2.85. The van der Waals surface area contributed by atoms with Crippen LogP contribution in [0.2, 0.25) is 0 Å². The highest BCUT2D eigenvalue weighted by atomic mass is 35.5. The molecule has 0 aromatic heterocycles. The first-order valence-electron chi connectivity index (χ1n) is 3.89. The van der Waals surface area contributed by atoms with E-state index in [2.05, 4.69) is 4.98 Å². The van der Waals surface area contributed by atoms with Crippen LogP contribution < -0.4 is 22.0 Å². The molecule has 0 amide bonds. The fourth-order valence-electron chi connectivity index (χ4n) is 1.10. The van der Waals surface area contributed by atoms with Crippen molar-refractivity contribution in [2.75, 3.05) is 26.1 Å². The molecule has 0 radical (unpaired) electrons. The van der Waals surface area contributed by atoms with E-state index in [1.807, 2.05) is 25.1 Å². The lowest BCUT2D eigenvalue weighted by atomic mass is 10.2. The highest BCUT2D eigenvalue weighted by Crippen LogP contribution is 2.30. The Kier molecular flexibility index (Phi) is 4.74. The van der Waals surface area contributed by atoms with Crippen LogP contribution in [0, 0.1) is 5.39 Å². The Morgan fingerprint density at radius 2 is 2.00 bits per heavy atom. The molecule has 1 rings (SSSR count). The molecule has 0 aliphatic heterocycles. The lowest BCUT2D eigenvalue weighted by Gasteiger charge is -2.14. The van der Waals surface area contributed by atoms with Gasteiger partial charge in [0.05, 0.1) is 18.9 Å². The first kappa shape index (κ1) is 12.5. The zero-order valence-electron chi connectivity index (χ0n) is 8.36. The summed E-state index contributed by atoms with van der Waals surface area (Å²) in [6.45, 7) is 0. The fraction of sp³-hybridized carbons (Fsp3) is 0.333. The van der Waals surface area contributed by atoms with Gasteiger partial charge in [-0.1, -0.05) is 0 Å². The summed E-state index contributed by atoms with van der Waals surface area (Å²) < 4.78 is 5.14. The number of hydrogen-bond donors (Lipinski definition) is 0. The average Bonchev–Trinajstić information content (AvgIpc) is 2.16. The van der Waals surface area contributed by atoms with Crippen molar-refractivity contribution in [2.45, 2.75) is 0 Å². The van der Waals surface area contributed by atoms with E-state index < -0.39 is 0 Å². The summed E-state index contributed by atoms with van der Waals surface area (Å²) in [5, 5.41) is 8.54. The first-order chi connectivity index (χ1) is 6.19. The van der Waals surface area contributed by atoms with Crippen LogP contribution in [0.3, 0.4) is 0 Å². The van der Waals surface area contributed by atoms with Gasteiger partial charge in [0.1, 0.15) is 5.75 Å². The molecule has 0 unspecified atom stereocenters. The van der Waals surface area contributed by atoms with Gasteiger partial charge >= 0.3 is 5.69 Å². The molecule has 0 saturated carbocycles. The van der Waals surface area contributed by atoms with Gasteiger partial charge in [-0.3, -0.25) is 0 Å². The van der Waals surface area contributed by atoms with Crippen molar-refractivity contribution >= 4 is 11.4 Å². The second-order valence-electron chi connectivity index (χ2n) is 2.85. The lowest BCUT2D eigenvalue weighted by molar-refractivity contribution is -0.00000329. The van der Waals surface area contributed by atoms with E-state index in [0.717, 1.165) is 5.69 Å². The van der Waals surface area contributed by atoms with E-state index in [1.54, 1.807) is 19.2 Å². The minimum Gasteiger partial charge on any atom is -1.00 e. The van der Waals surface area contributed by atoms with E-state index in [4.69, 9.17) is 10.1 Å². The number of rotatable bonds is 2. The van der Waals surface area contributed by atoms with Gasteiger partial charge in [0, 0.05) is 20.2 Å². The topological polar surface area (TPSA) is 40.6 Å². The molecule has 0 aliphatic carbocycles. The summed E-state index contributed by atoms with van der Waals surface area (Å²) in [4.78, 5) is 5.01. The van der Waals surface area contributed by atoms with E-state index in [9.17, 15) is 0 Å². The van der Waals surface area contributed by atoms with Crippen LogP contribution in [-0.2, 0) is 0 Å². The summed E-state index contributed by atoms with van der Waals surface area (Å²) in [6.07, 6.45) is 0. The average molecular weight is 214 g/mol. The minimum atomic E-state index is 0. The van der Waals surface area contributed by atoms with Gasteiger partial charge in [-0.2, -0.15) is 0 Å². The normalized spacial score (nSPS) is 8.43. The van der Waals surface area contributed by atoms with Gasteiger partial charge in [-0.15, -0.1) is 0 Å². The van der Waals surface area contributed by atoms with Crippen molar-refractivity contribution in [3.05, 3.63) is 23.2 Å². The van der Waals surface area contributed by atoms with Crippen molar-refractivity contribution < 1.29 is 17.1 Å². The zero-order valence-corrected chi connectivity index (χ0v) is 9.12. The summed E-state index contributed by atoms with van der Waals surface area (Å²) in [5.41, 5.74) is 1.44. The Labute approximate surface area is 89.5 Å². The molecular weight excluding hydrogens is 202 g/mol. The lowest BCUT2D eigenvalue weighted by Crippen LogP contribution is -3.00. The third-order valence-corrected chi connectivity index (χ3v) is 1.76. The zero-order chi connectivity index (χ0) is 9.84. The number of hydrogen-bond acceptors (Lipinski definition) is 3. The highest BCUT2D eigenvalue weighted by molar-refractivity contribution is 5.64. The Hall–Kier alpha value is -1.47. The van der Waals surface area contributed by atoms with Crippen LogP contribution >= 0.6 is 0 Å². The predicted molar refractivity (Wildman–Crippen MR) is 52.1 cm³/mol. The van der Waals surface area contributed by atoms with Crippen LogP contribution in [0.1, 0.15) is 0 Å². The monoisotopic (exact) mass is 213 g/mol. The Morgan fingerprint density at radius 3 is 2.43 bits per heavy atom. The molecule has 0 N–H and O–H groups in total. The van der Waals surface area contributed by atoms with E-state index in [1.165, 1.54) is 0 Å². The van der Waals surface area contributed by atoms with Crippen molar-refractivity contribution in [3.63, 3.8) is 0 Å². The van der Waals surface area contributed by atoms with E-state index in [-0.39, 0.29) is 12.4 Å². The van der Waals surface area contributed by atoms with Gasteiger partial charge in [0.15, 0.2) is 4.98 Å². The summed E-state index contributed by atoms with van der Waals surface area (Å²) in [7, 11) is 5.44.